The van der Waals surface area contributed by atoms with Gasteiger partial charge < -0.3 is 14.2 Å². The number of halogens is 1. The van der Waals surface area contributed by atoms with E-state index in [1.165, 1.54) is 0 Å². The van der Waals surface area contributed by atoms with Gasteiger partial charge in [0.05, 0.1) is 23.4 Å². The van der Waals surface area contributed by atoms with Crippen LogP contribution in [0.15, 0.2) is 67.0 Å². The Morgan fingerprint density at radius 2 is 1.75 bits per heavy atom. The van der Waals surface area contributed by atoms with Gasteiger partial charge in [-0.05, 0) is 30.3 Å². The van der Waals surface area contributed by atoms with Crippen molar-refractivity contribution in [3.05, 3.63) is 77.6 Å². The molecule has 0 aliphatic heterocycles. The number of rotatable bonds is 4. The molecule has 3 rings (SSSR count). The van der Waals surface area contributed by atoms with Crippen molar-refractivity contribution in [1.82, 2.24) is 4.57 Å². The molecule has 0 atom stereocenters. The number of hydrogen-bond acceptors (Lipinski definition) is 2. The number of amides is 1. The van der Waals surface area contributed by atoms with Crippen molar-refractivity contribution in [2.24, 2.45) is 0 Å². The van der Waals surface area contributed by atoms with Gasteiger partial charge in [0, 0.05) is 31.2 Å². The molecule has 1 heterocycles. The first kappa shape index (κ1) is 16.1. The molecule has 5 heteroatoms. The minimum Gasteiger partial charge on any atom is -0.496 e. The van der Waals surface area contributed by atoms with Crippen molar-refractivity contribution in [3.8, 4) is 11.4 Å². The molecule has 0 spiro atoms. The Bertz CT molecular complexity index is 845. The first-order chi connectivity index (χ1) is 11.6. The third kappa shape index (κ3) is 3.01. The molecule has 1 aromatic heterocycles. The zero-order valence-electron chi connectivity index (χ0n) is 13.4. The Morgan fingerprint density at radius 3 is 2.38 bits per heavy atom. The van der Waals surface area contributed by atoms with Crippen molar-refractivity contribution in [1.29, 1.82) is 0 Å². The standard InChI is InChI=1S/C19H17ClN2O2/c1-21(14-8-4-3-5-9-14)19(23)15-12-16(20)17(13-18(15)24-2)22-10-6-7-11-22/h3-13H,1-2H3. The Hall–Kier alpha value is -2.72. The number of methoxy groups -OCH3 is 1. The Morgan fingerprint density at radius 1 is 1.08 bits per heavy atom. The number of ether oxygens (including phenoxy) is 1. The van der Waals surface area contributed by atoms with Crippen LogP contribution in [0.2, 0.25) is 5.02 Å². The van der Waals surface area contributed by atoms with Gasteiger partial charge in [-0.3, -0.25) is 4.79 Å². The normalized spacial score (nSPS) is 10.5. The summed E-state index contributed by atoms with van der Waals surface area (Å²) in [5, 5.41) is 0.483. The van der Waals surface area contributed by atoms with Gasteiger partial charge in [-0.15, -0.1) is 0 Å². The van der Waals surface area contributed by atoms with Gasteiger partial charge in [0.2, 0.25) is 0 Å². The van der Waals surface area contributed by atoms with E-state index in [2.05, 4.69) is 0 Å². The monoisotopic (exact) mass is 340 g/mol. The first-order valence-electron chi connectivity index (χ1n) is 7.46. The highest BCUT2D eigenvalue weighted by molar-refractivity contribution is 6.33. The molecule has 0 aliphatic carbocycles. The molecule has 0 saturated heterocycles. The van der Waals surface area contributed by atoms with E-state index in [4.69, 9.17) is 16.3 Å². The molecule has 0 saturated carbocycles. The van der Waals surface area contributed by atoms with Crippen molar-refractivity contribution in [3.63, 3.8) is 0 Å². The summed E-state index contributed by atoms with van der Waals surface area (Å²) in [6, 6.07) is 16.7. The molecule has 0 unspecified atom stereocenters. The molecule has 0 bridgehead atoms. The SMILES string of the molecule is COc1cc(-n2cccc2)c(Cl)cc1C(=O)N(C)c1ccccc1. The fourth-order valence-electron chi connectivity index (χ4n) is 2.52. The van der Waals surface area contributed by atoms with Crippen molar-refractivity contribution < 1.29 is 9.53 Å². The lowest BCUT2D eigenvalue weighted by Crippen LogP contribution is -2.26. The number of carbonyl (C=O) groups excluding carboxylic acids is 1. The fourth-order valence-corrected chi connectivity index (χ4v) is 2.78. The topological polar surface area (TPSA) is 34.5 Å². The molecule has 24 heavy (non-hydrogen) atoms. The average Bonchev–Trinajstić information content (AvgIpc) is 3.15. The van der Waals surface area contributed by atoms with Crippen LogP contribution in [-0.2, 0) is 0 Å². The lowest BCUT2D eigenvalue weighted by atomic mass is 10.1. The van der Waals surface area contributed by atoms with Crippen LogP contribution in [0.4, 0.5) is 5.69 Å². The van der Waals surface area contributed by atoms with E-state index in [9.17, 15) is 4.79 Å². The lowest BCUT2D eigenvalue weighted by Gasteiger charge is -2.20. The fraction of sp³-hybridized carbons (Fsp3) is 0.105. The van der Waals surface area contributed by atoms with Crippen molar-refractivity contribution in [2.75, 3.05) is 19.1 Å². The molecule has 0 radical (unpaired) electrons. The van der Waals surface area contributed by atoms with Crippen LogP contribution in [-0.4, -0.2) is 24.6 Å². The summed E-state index contributed by atoms with van der Waals surface area (Å²) < 4.78 is 7.30. The van der Waals surface area contributed by atoms with E-state index in [0.717, 1.165) is 11.4 Å². The number of para-hydroxylation sites is 1. The largest absolute Gasteiger partial charge is 0.496 e. The van der Waals surface area contributed by atoms with Gasteiger partial charge in [-0.25, -0.2) is 0 Å². The maximum Gasteiger partial charge on any atom is 0.261 e. The second-order valence-corrected chi connectivity index (χ2v) is 5.70. The first-order valence-corrected chi connectivity index (χ1v) is 7.83. The third-order valence-corrected chi connectivity index (χ3v) is 4.13. The van der Waals surface area contributed by atoms with Crippen LogP contribution in [0.1, 0.15) is 10.4 Å². The Kier molecular flexibility index (Phi) is 4.58. The molecule has 2 aromatic carbocycles. The smallest absolute Gasteiger partial charge is 0.261 e. The summed E-state index contributed by atoms with van der Waals surface area (Å²) in [6.45, 7) is 0. The predicted octanol–water partition coefficient (Wildman–Crippen LogP) is 4.42. The van der Waals surface area contributed by atoms with E-state index >= 15 is 0 Å². The lowest BCUT2D eigenvalue weighted by molar-refractivity contribution is 0.0990. The summed E-state index contributed by atoms with van der Waals surface area (Å²) in [5.74, 6) is 0.301. The quantitative estimate of drug-likeness (QED) is 0.704. The van der Waals surface area contributed by atoms with Crippen LogP contribution in [0.3, 0.4) is 0 Å². The van der Waals surface area contributed by atoms with Crippen molar-refractivity contribution >= 4 is 23.2 Å². The van der Waals surface area contributed by atoms with E-state index in [0.29, 0.717) is 16.3 Å². The minimum atomic E-state index is -0.181. The second kappa shape index (κ2) is 6.81. The van der Waals surface area contributed by atoms with E-state index in [1.54, 1.807) is 31.2 Å². The summed E-state index contributed by atoms with van der Waals surface area (Å²) in [7, 11) is 3.27. The van der Waals surface area contributed by atoms with Gasteiger partial charge >= 0.3 is 0 Å². The molecule has 0 fully saturated rings. The van der Waals surface area contributed by atoms with Crippen LogP contribution < -0.4 is 9.64 Å². The maximum atomic E-state index is 12.9. The van der Waals surface area contributed by atoms with Crippen LogP contribution in [0.5, 0.6) is 5.75 Å². The average molecular weight is 341 g/mol. The number of anilines is 1. The van der Waals surface area contributed by atoms with Crippen LogP contribution in [0.25, 0.3) is 5.69 Å². The van der Waals surface area contributed by atoms with Gasteiger partial charge in [0.1, 0.15) is 5.75 Å². The molecule has 1 amide bonds. The summed E-state index contributed by atoms with van der Waals surface area (Å²) in [4.78, 5) is 14.4. The molecular weight excluding hydrogens is 324 g/mol. The summed E-state index contributed by atoms with van der Waals surface area (Å²) >= 11 is 6.40. The third-order valence-electron chi connectivity index (χ3n) is 3.83. The number of aromatic nitrogens is 1. The number of benzene rings is 2. The van der Waals surface area contributed by atoms with Gasteiger partial charge in [0.15, 0.2) is 0 Å². The van der Waals surface area contributed by atoms with E-state index < -0.39 is 0 Å². The van der Waals surface area contributed by atoms with Gasteiger partial charge in [-0.1, -0.05) is 29.8 Å². The molecule has 0 N–H and O–H groups in total. The van der Waals surface area contributed by atoms with Crippen molar-refractivity contribution in [2.45, 2.75) is 0 Å². The van der Waals surface area contributed by atoms with Crippen LogP contribution in [0, 0.1) is 0 Å². The highest BCUT2D eigenvalue weighted by atomic mass is 35.5. The number of nitrogens with zero attached hydrogens (tertiary/aromatic N) is 2. The summed E-state index contributed by atoms with van der Waals surface area (Å²) in [6.07, 6.45) is 3.77. The molecule has 0 aliphatic rings. The Labute approximate surface area is 145 Å². The zero-order valence-corrected chi connectivity index (χ0v) is 14.2. The van der Waals surface area contributed by atoms with Gasteiger partial charge in [-0.2, -0.15) is 0 Å². The van der Waals surface area contributed by atoms with E-state index in [-0.39, 0.29) is 5.91 Å². The number of carbonyl (C=O) groups is 1. The van der Waals surface area contributed by atoms with Gasteiger partial charge in [0.25, 0.3) is 5.91 Å². The zero-order chi connectivity index (χ0) is 17.1. The molecule has 3 aromatic rings. The molecule has 122 valence electrons. The number of hydrogen-bond donors (Lipinski definition) is 0. The predicted molar refractivity (Wildman–Crippen MR) is 96.5 cm³/mol. The highest BCUT2D eigenvalue weighted by Crippen LogP contribution is 2.31. The molecular formula is C19H17ClN2O2. The highest BCUT2D eigenvalue weighted by Gasteiger charge is 2.20. The summed E-state index contributed by atoms with van der Waals surface area (Å²) in [5.41, 5.74) is 1.98. The van der Waals surface area contributed by atoms with E-state index in [1.807, 2.05) is 59.4 Å². The molecule has 4 nitrogen and oxygen atoms in total. The Balaban J connectivity index is 2.02. The minimum absolute atomic E-state index is 0.181. The second-order valence-electron chi connectivity index (χ2n) is 5.29. The maximum absolute atomic E-state index is 12.9. The van der Waals surface area contributed by atoms with Crippen LogP contribution >= 0.6 is 11.6 Å².